The van der Waals surface area contributed by atoms with Gasteiger partial charge in [0.25, 0.3) is 0 Å². The van der Waals surface area contributed by atoms with Crippen molar-refractivity contribution in [2.45, 2.75) is 32.7 Å². The number of fused-ring (bicyclic) bond motifs is 1. The maximum atomic E-state index is 12.8. The van der Waals surface area contributed by atoms with Crippen LogP contribution in [-0.4, -0.2) is 34.9 Å². The Labute approximate surface area is 174 Å². The summed E-state index contributed by atoms with van der Waals surface area (Å²) in [5.74, 6) is 0.734. The van der Waals surface area contributed by atoms with Crippen LogP contribution >= 0.6 is 0 Å². The van der Waals surface area contributed by atoms with E-state index in [1.165, 1.54) is 0 Å². The Kier molecular flexibility index (Phi) is 5.56. The first-order valence-corrected chi connectivity index (χ1v) is 10.1. The molecule has 0 aliphatic carbocycles. The van der Waals surface area contributed by atoms with Crippen molar-refractivity contribution in [2.75, 3.05) is 23.7 Å². The summed E-state index contributed by atoms with van der Waals surface area (Å²) >= 11 is 0. The SMILES string of the molecule is CCN(CC)c1ccc(C(=O)CC2Cc3nc(N)nc(-c4ccco4)c3N=N2)cc1. The van der Waals surface area contributed by atoms with E-state index in [2.05, 4.69) is 38.9 Å². The predicted molar refractivity (Wildman–Crippen MR) is 115 cm³/mol. The van der Waals surface area contributed by atoms with Gasteiger partial charge in [-0.15, -0.1) is 0 Å². The molecule has 0 saturated carbocycles. The zero-order chi connectivity index (χ0) is 21.1. The number of hydrogen-bond acceptors (Lipinski definition) is 8. The minimum atomic E-state index is -0.286. The van der Waals surface area contributed by atoms with Crippen LogP contribution in [0.5, 0.6) is 0 Å². The highest BCUT2D eigenvalue weighted by Gasteiger charge is 2.26. The van der Waals surface area contributed by atoms with Crippen LogP contribution in [0.15, 0.2) is 57.3 Å². The van der Waals surface area contributed by atoms with Crippen LogP contribution in [-0.2, 0) is 6.42 Å². The second-order valence-corrected chi connectivity index (χ2v) is 7.12. The number of anilines is 2. The number of azo groups is 1. The summed E-state index contributed by atoms with van der Waals surface area (Å²) in [6, 6.07) is 11.0. The van der Waals surface area contributed by atoms with Gasteiger partial charge < -0.3 is 15.1 Å². The Bertz CT molecular complexity index is 1060. The van der Waals surface area contributed by atoms with Gasteiger partial charge in [-0.2, -0.15) is 10.2 Å². The van der Waals surface area contributed by atoms with Gasteiger partial charge in [-0.25, -0.2) is 9.97 Å². The minimum Gasteiger partial charge on any atom is -0.463 e. The summed E-state index contributed by atoms with van der Waals surface area (Å²) in [5, 5.41) is 8.65. The number of aromatic nitrogens is 2. The molecule has 154 valence electrons. The Morgan fingerprint density at radius 1 is 1.17 bits per heavy atom. The number of furan rings is 1. The lowest BCUT2D eigenvalue weighted by atomic mass is 9.98. The third-order valence-electron chi connectivity index (χ3n) is 5.22. The van der Waals surface area contributed by atoms with Gasteiger partial charge in [0.15, 0.2) is 11.5 Å². The van der Waals surface area contributed by atoms with Crippen molar-refractivity contribution in [3.05, 3.63) is 53.9 Å². The van der Waals surface area contributed by atoms with Crippen LogP contribution in [0.3, 0.4) is 0 Å². The van der Waals surface area contributed by atoms with Crippen molar-refractivity contribution in [3.63, 3.8) is 0 Å². The highest BCUT2D eigenvalue weighted by Crippen LogP contribution is 2.36. The van der Waals surface area contributed by atoms with Gasteiger partial charge >= 0.3 is 0 Å². The summed E-state index contributed by atoms with van der Waals surface area (Å²) in [5.41, 5.74) is 9.41. The normalized spacial score (nSPS) is 15.1. The standard InChI is InChI=1S/C22H24N6O2/c1-3-28(4-2)16-9-7-14(8-10-16)18(29)13-15-12-17-20(27-26-15)21(25-22(23)24-17)19-6-5-11-30-19/h5-11,15H,3-4,12-13H2,1-2H3,(H2,23,24,25). The quantitative estimate of drug-likeness (QED) is 0.583. The second-order valence-electron chi connectivity index (χ2n) is 7.12. The third kappa shape index (κ3) is 3.94. The van der Waals surface area contributed by atoms with Crippen molar-refractivity contribution >= 4 is 23.1 Å². The molecule has 4 rings (SSSR count). The van der Waals surface area contributed by atoms with Crippen molar-refractivity contribution < 1.29 is 9.21 Å². The lowest BCUT2D eigenvalue weighted by Crippen LogP contribution is -2.22. The van der Waals surface area contributed by atoms with Crippen molar-refractivity contribution in [3.8, 4) is 11.5 Å². The molecule has 1 unspecified atom stereocenters. The number of hydrogen-bond donors (Lipinski definition) is 1. The third-order valence-corrected chi connectivity index (χ3v) is 5.22. The highest BCUT2D eigenvalue weighted by atomic mass is 16.3. The van der Waals surface area contributed by atoms with Crippen LogP contribution in [0, 0.1) is 0 Å². The number of Topliss-reactive ketones (excluding diaryl/α,β-unsaturated/α-hetero) is 1. The predicted octanol–water partition coefficient (Wildman–Crippen LogP) is 4.45. The maximum Gasteiger partial charge on any atom is 0.221 e. The lowest BCUT2D eigenvalue weighted by Gasteiger charge is -2.21. The monoisotopic (exact) mass is 404 g/mol. The molecule has 1 aliphatic heterocycles. The zero-order valence-corrected chi connectivity index (χ0v) is 17.1. The molecule has 0 radical (unpaired) electrons. The van der Waals surface area contributed by atoms with E-state index >= 15 is 0 Å². The largest absolute Gasteiger partial charge is 0.463 e. The van der Waals surface area contributed by atoms with E-state index < -0.39 is 0 Å². The van der Waals surface area contributed by atoms with E-state index in [4.69, 9.17) is 10.2 Å². The maximum absolute atomic E-state index is 12.8. The molecule has 0 bridgehead atoms. The molecule has 0 spiro atoms. The lowest BCUT2D eigenvalue weighted by molar-refractivity contribution is 0.0973. The Morgan fingerprint density at radius 2 is 1.93 bits per heavy atom. The van der Waals surface area contributed by atoms with Crippen LogP contribution in [0.2, 0.25) is 0 Å². The summed E-state index contributed by atoms with van der Waals surface area (Å²) in [6.07, 6.45) is 2.29. The number of benzene rings is 1. The van der Waals surface area contributed by atoms with Gasteiger partial charge in [0.1, 0.15) is 11.4 Å². The first kappa shape index (κ1) is 19.8. The molecule has 0 fully saturated rings. The average Bonchev–Trinajstić information content (AvgIpc) is 3.29. The molecule has 0 amide bonds. The van der Waals surface area contributed by atoms with Crippen molar-refractivity contribution in [1.29, 1.82) is 0 Å². The molecule has 2 aromatic heterocycles. The Morgan fingerprint density at radius 3 is 2.60 bits per heavy atom. The minimum absolute atomic E-state index is 0.0294. The molecule has 1 aromatic carbocycles. The highest BCUT2D eigenvalue weighted by molar-refractivity contribution is 5.96. The zero-order valence-electron chi connectivity index (χ0n) is 17.1. The molecule has 3 aromatic rings. The van der Waals surface area contributed by atoms with Gasteiger partial charge in [0, 0.05) is 37.2 Å². The van der Waals surface area contributed by atoms with E-state index in [1.807, 2.05) is 24.3 Å². The summed E-state index contributed by atoms with van der Waals surface area (Å²) in [4.78, 5) is 23.6. The topological polar surface area (TPSA) is 110 Å². The molecule has 1 atom stereocenters. The van der Waals surface area contributed by atoms with Gasteiger partial charge in [-0.1, -0.05) is 0 Å². The number of carbonyl (C=O) groups is 1. The molecular formula is C22H24N6O2. The number of carbonyl (C=O) groups excluding carboxylic acids is 1. The van der Waals surface area contributed by atoms with Crippen LogP contribution in [0.25, 0.3) is 11.5 Å². The number of nitrogen functional groups attached to an aromatic ring is 1. The van der Waals surface area contributed by atoms with Crippen LogP contribution < -0.4 is 10.6 Å². The fraction of sp³-hybridized carbons (Fsp3) is 0.318. The summed E-state index contributed by atoms with van der Waals surface area (Å²) < 4.78 is 5.43. The van der Waals surface area contributed by atoms with Crippen molar-refractivity contribution in [1.82, 2.24) is 9.97 Å². The molecule has 30 heavy (non-hydrogen) atoms. The Hall–Kier alpha value is -3.55. The number of nitrogens with zero attached hydrogens (tertiary/aromatic N) is 5. The number of ketones is 1. The molecular weight excluding hydrogens is 380 g/mol. The second kappa shape index (κ2) is 8.44. The molecule has 0 saturated heterocycles. The van der Waals surface area contributed by atoms with Gasteiger partial charge in [0.2, 0.25) is 5.95 Å². The van der Waals surface area contributed by atoms with Crippen molar-refractivity contribution in [2.24, 2.45) is 10.2 Å². The molecule has 1 aliphatic rings. The molecule has 8 nitrogen and oxygen atoms in total. The first-order valence-electron chi connectivity index (χ1n) is 10.1. The number of rotatable bonds is 7. The van der Waals surface area contributed by atoms with Crippen LogP contribution in [0.1, 0.15) is 36.3 Å². The fourth-order valence-corrected chi connectivity index (χ4v) is 3.65. The summed E-state index contributed by atoms with van der Waals surface area (Å²) in [6.45, 7) is 6.08. The van der Waals surface area contributed by atoms with E-state index in [9.17, 15) is 4.79 Å². The van der Waals surface area contributed by atoms with Gasteiger partial charge in [-0.05, 0) is 50.2 Å². The van der Waals surface area contributed by atoms with E-state index in [-0.39, 0.29) is 24.2 Å². The molecule has 3 heterocycles. The van der Waals surface area contributed by atoms with E-state index in [1.54, 1.807) is 18.4 Å². The average molecular weight is 404 g/mol. The molecule has 2 N–H and O–H groups in total. The first-order chi connectivity index (χ1) is 14.6. The van der Waals surface area contributed by atoms with E-state index in [0.717, 1.165) is 18.8 Å². The van der Waals surface area contributed by atoms with E-state index in [0.29, 0.717) is 34.8 Å². The summed E-state index contributed by atoms with van der Waals surface area (Å²) in [7, 11) is 0. The Balaban J connectivity index is 1.50. The van der Waals surface area contributed by atoms with Crippen LogP contribution in [0.4, 0.5) is 17.3 Å². The van der Waals surface area contributed by atoms with Gasteiger partial charge in [-0.3, -0.25) is 4.79 Å². The number of nitrogens with two attached hydrogens (primary N) is 1. The van der Waals surface area contributed by atoms with Gasteiger partial charge in [0.05, 0.1) is 18.0 Å². The fourth-order valence-electron chi connectivity index (χ4n) is 3.65. The smallest absolute Gasteiger partial charge is 0.221 e. The molecule has 8 heteroatoms.